The summed E-state index contributed by atoms with van der Waals surface area (Å²) in [6.07, 6.45) is 3.86. The van der Waals surface area contributed by atoms with Gasteiger partial charge in [0, 0.05) is 24.7 Å². The molecule has 0 aliphatic carbocycles. The van der Waals surface area contributed by atoms with E-state index in [1.807, 2.05) is 49.5 Å². The second kappa shape index (κ2) is 7.75. The predicted octanol–water partition coefficient (Wildman–Crippen LogP) is 3.45. The van der Waals surface area contributed by atoms with Gasteiger partial charge in [-0.1, -0.05) is 48.5 Å². The molecule has 1 heterocycles. The first kappa shape index (κ1) is 16.2. The van der Waals surface area contributed by atoms with Crippen molar-refractivity contribution in [3.05, 3.63) is 71.3 Å². The van der Waals surface area contributed by atoms with Gasteiger partial charge in [0.25, 0.3) is 0 Å². The standard InChI is InChI=1S/C19H19N3OS/c1-22(19(24)20-12-15-7-3-2-4-8-15)21-13-16-11-17-9-5-6-10-18(17)23-14-16/h2-11,13H,12,14H2,1H3,(H,20,24)/b21-13+. The lowest BCUT2D eigenvalue weighted by atomic mass is 10.1. The number of para-hydroxylation sites is 1. The molecule has 0 aromatic heterocycles. The Morgan fingerprint density at radius 1 is 1.21 bits per heavy atom. The van der Waals surface area contributed by atoms with E-state index < -0.39 is 0 Å². The minimum Gasteiger partial charge on any atom is -0.488 e. The second-order valence-electron chi connectivity index (χ2n) is 5.46. The van der Waals surface area contributed by atoms with Gasteiger partial charge in [-0.3, -0.25) is 0 Å². The molecule has 0 saturated carbocycles. The van der Waals surface area contributed by atoms with Gasteiger partial charge in [0.1, 0.15) is 12.4 Å². The summed E-state index contributed by atoms with van der Waals surface area (Å²) in [6.45, 7) is 1.19. The van der Waals surface area contributed by atoms with Crippen molar-refractivity contribution in [1.29, 1.82) is 0 Å². The van der Waals surface area contributed by atoms with Gasteiger partial charge in [0.2, 0.25) is 0 Å². The molecule has 4 nitrogen and oxygen atoms in total. The molecule has 0 unspecified atom stereocenters. The van der Waals surface area contributed by atoms with Crippen LogP contribution >= 0.6 is 12.2 Å². The van der Waals surface area contributed by atoms with Crippen molar-refractivity contribution < 1.29 is 4.74 Å². The van der Waals surface area contributed by atoms with Gasteiger partial charge in [0.15, 0.2) is 5.11 Å². The Hall–Kier alpha value is -2.66. The molecule has 1 aliphatic rings. The minimum atomic E-state index is 0.512. The molecule has 0 bridgehead atoms. The third-order valence-electron chi connectivity index (χ3n) is 3.63. The van der Waals surface area contributed by atoms with Crippen molar-refractivity contribution in [3.63, 3.8) is 0 Å². The second-order valence-corrected chi connectivity index (χ2v) is 5.84. The highest BCUT2D eigenvalue weighted by molar-refractivity contribution is 7.80. The fourth-order valence-corrected chi connectivity index (χ4v) is 2.43. The van der Waals surface area contributed by atoms with E-state index in [1.54, 1.807) is 11.2 Å². The third kappa shape index (κ3) is 4.20. The maximum absolute atomic E-state index is 5.71. The molecule has 0 spiro atoms. The summed E-state index contributed by atoms with van der Waals surface area (Å²) in [5, 5.41) is 9.81. The van der Waals surface area contributed by atoms with Crippen LogP contribution in [0.1, 0.15) is 11.1 Å². The molecule has 0 atom stereocenters. The van der Waals surface area contributed by atoms with E-state index in [4.69, 9.17) is 17.0 Å². The van der Waals surface area contributed by atoms with Crippen LogP contribution in [-0.2, 0) is 6.54 Å². The SMILES string of the molecule is CN(/N=C/C1=Cc2ccccc2OC1)C(=S)NCc1ccccc1. The number of rotatable bonds is 4. The topological polar surface area (TPSA) is 36.9 Å². The lowest BCUT2D eigenvalue weighted by Gasteiger charge is -2.18. The maximum atomic E-state index is 5.71. The molecule has 122 valence electrons. The van der Waals surface area contributed by atoms with Crippen molar-refractivity contribution in [3.8, 4) is 5.75 Å². The van der Waals surface area contributed by atoms with Crippen LogP contribution in [0, 0.1) is 0 Å². The highest BCUT2D eigenvalue weighted by Crippen LogP contribution is 2.24. The van der Waals surface area contributed by atoms with E-state index >= 15 is 0 Å². The first-order valence-corrected chi connectivity index (χ1v) is 8.15. The minimum absolute atomic E-state index is 0.512. The van der Waals surface area contributed by atoms with Crippen molar-refractivity contribution >= 4 is 29.6 Å². The zero-order valence-electron chi connectivity index (χ0n) is 13.5. The Balaban J connectivity index is 1.56. The molecule has 3 rings (SSSR count). The number of nitrogens with one attached hydrogen (secondary N) is 1. The van der Waals surface area contributed by atoms with E-state index in [0.717, 1.165) is 16.9 Å². The molecule has 0 amide bonds. The number of benzene rings is 2. The summed E-state index contributed by atoms with van der Waals surface area (Å²) in [6, 6.07) is 18.1. The van der Waals surface area contributed by atoms with Crippen molar-refractivity contribution in [2.45, 2.75) is 6.54 Å². The molecule has 2 aromatic carbocycles. The number of thiocarbonyl (C=S) groups is 1. The average molecular weight is 337 g/mol. The number of ether oxygens (including phenoxy) is 1. The van der Waals surface area contributed by atoms with Crippen LogP contribution in [-0.4, -0.2) is 30.0 Å². The summed E-state index contributed by atoms with van der Waals surface area (Å²) >= 11 is 5.36. The molecular weight excluding hydrogens is 318 g/mol. The van der Waals surface area contributed by atoms with Gasteiger partial charge < -0.3 is 10.1 Å². The highest BCUT2D eigenvalue weighted by Gasteiger charge is 2.09. The van der Waals surface area contributed by atoms with Crippen molar-refractivity contribution in [2.75, 3.05) is 13.7 Å². The number of fused-ring (bicyclic) bond motifs is 1. The van der Waals surface area contributed by atoms with Gasteiger partial charge in [0.05, 0.1) is 6.21 Å². The predicted molar refractivity (Wildman–Crippen MR) is 102 cm³/mol. The summed E-state index contributed by atoms with van der Waals surface area (Å²) in [4.78, 5) is 0. The van der Waals surface area contributed by atoms with E-state index in [1.165, 1.54) is 5.56 Å². The molecule has 0 saturated heterocycles. The third-order valence-corrected chi connectivity index (χ3v) is 4.04. The summed E-state index contributed by atoms with van der Waals surface area (Å²) in [5.41, 5.74) is 3.25. The van der Waals surface area contributed by atoms with Crippen LogP contribution in [0.25, 0.3) is 6.08 Å². The van der Waals surface area contributed by atoms with Crippen molar-refractivity contribution in [1.82, 2.24) is 10.3 Å². The summed E-state index contributed by atoms with van der Waals surface area (Å²) in [5.74, 6) is 0.906. The van der Waals surface area contributed by atoms with Gasteiger partial charge in [-0.05, 0) is 29.9 Å². The van der Waals surface area contributed by atoms with Crippen LogP contribution < -0.4 is 10.1 Å². The number of hydrogen-bond acceptors (Lipinski definition) is 3. The Morgan fingerprint density at radius 3 is 2.79 bits per heavy atom. The van der Waals surface area contributed by atoms with Crippen LogP contribution in [0.4, 0.5) is 0 Å². The fourth-order valence-electron chi connectivity index (χ4n) is 2.31. The quantitative estimate of drug-likeness (QED) is 0.527. The molecular formula is C19H19N3OS. The molecule has 24 heavy (non-hydrogen) atoms. The highest BCUT2D eigenvalue weighted by atomic mass is 32.1. The Kier molecular flexibility index (Phi) is 5.23. The normalized spacial score (nSPS) is 13.0. The zero-order valence-corrected chi connectivity index (χ0v) is 14.3. The van der Waals surface area contributed by atoms with Gasteiger partial charge in [-0.15, -0.1) is 0 Å². The molecule has 0 radical (unpaired) electrons. The van der Waals surface area contributed by atoms with E-state index in [-0.39, 0.29) is 0 Å². The smallest absolute Gasteiger partial charge is 0.189 e. The lowest BCUT2D eigenvalue weighted by Crippen LogP contribution is -2.33. The number of hydrogen-bond donors (Lipinski definition) is 1. The Bertz CT molecular complexity index is 771. The van der Waals surface area contributed by atoms with Crippen LogP contribution in [0.5, 0.6) is 5.75 Å². The summed E-state index contributed by atoms with van der Waals surface area (Å²) in [7, 11) is 1.83. The number of nitrogens with zero attached hydrogens (tertiary/aromatic N) is 2. The van der Waals surface area contributed by atoms with Crippen LogP contribution in [0.15, 0.2) is 65.3 Å². The molecule has 0 fully saturated rings. The van der Waals surface area contributed by atoms with Crippen LogP contribution in [0.3, 0.4) is 0 Å². The van der Waals surface area contributed by atoms with Crippen molar-refractivity contribution in [2.24, 2.45) is 5.10 Å². The number of hydrazone groups is 1. The Labute approximate surface area is 147 Å². The summed E-state index contributed by atoms with van der Waals surface area (Å²) < 4.78 is 5.71. The maximum Gasteiger partial charge on any atom is 0.189 e. The molecule has 5 heteroatoms. The first-order valence-electron chi connectivity index (χ1n) is 7.74. The Morgan fingerprint density at radius 2 is 1.96 bits per heavy atom. The monoisotopic (exact) mass is 337 g/mol. The van der Waals surface area contributed by atoms with Gasteiger partial charge in [-0.2, -0.15) is 5.10 Å². The van der Waals surface area contributed by atoms with Gasteiger partial charge in [-0.25, -0.2) is 5.01 Å². The van der Waals surface area contributed by atoms with Gasteiger partial charge >= 0.3 is 0 Å². The first-order chi connectivity index (χ1) is 11.7. The molecule has 1 N–H and O–H groups in total. The molecule has 1 aliphatic heterocycles. The molecule has 2 aromatic rings. The van der Waals surface area contributed by atoms with E-state index in [2.05, 4.69) is 28.6 Å². The fraction of sp³-hybridized carbons (Fsp3) is 0.158. The van der Waals surface area contributed by atoms with E-state index in [0.29, 0.717) is 18.3 Å². The van der Waals surface area contributed by atoms with E-state index in [9.17, 15) is 0 Å². The largest absolute Gasteiger partial charge is 0.488 e. The average Bonchev–Trinajstić information content (AvgIpc) is 2.64. The van der Waals surface area contributed by atoms with Crippen LogP contribution in [0.2, 0.25) is 0 Å². The lowest BCUT2D eigenvalue weighted by molar-refractivity contribution is 0.353. The zero-order chi connectivity index (χ0) is 16.8.